The molecule has 0 amide bonds. The number of hydrogen-bond donors (Lipinski definition) is 3. The minimum Gasteiger partial charge on any atom is -0.369 e. The van der Waals surface area contributed by atoms with Gasteiger partial charge in [-0.15, -0.1) is 0 Å². The lowest BCUT2D eigenvalue weighted by Crippen LogP contribution is -2.11. The fourth-order valence-electron chi connectivity index (χ4n) is 1.76. The van der Waals surface area contributed by atoms with Crippen molar-refractivity contribution >= 4 is 22.9 Å². The molecule has 0 aliphatic carbocycles. The van der Waals surface area contributed by atoms with Gasteiger partial charge >= 0.3 is 0 Å². The van der Waals surface area contributed by atoms with Gasteiger partial charge in [-0.25, -0.2) is 4.98 Å². The Labute approximate surface area is 106 Å². The van der Waals surface area contributed by atoms with Crippen LogP contribution in [0.25, 0.3) is 11.2 Å². The Kier molecular flexibility index (Phi) is 2.38. The molecule has 7 nitrogen and oxygen atoms in total. The third-order valence-electron chi connectivity index (χ3n) is 2.63. The van der Waals surface area contributed by atoms with E-state index in [1.165, 1.54) is 0 Å². The first-order valence-corrected chi connectivity index (χ1v) is 5.50. The number of carbonyl (C=O) groups excluding carboxylic acids is 1. The van der Waals surface area contributed by atoms with Crippen LogP contribution >= 0.6 is 0 Å². The van der Waals surface area contributed by atoms with Crippen LogP contribution in [0, 0.1) is 0 Å². The number of carbonyl (C=O) groups is 1. The van der Waals surface area contributed by atoms with E-state index in [4.69, 9.17) is 5.73 Å². The predicted molar refractivity (Wildman–Crippen MR) is 68.8 cm³/mol. The molecule has 94 valence electrons. The van der Waals surface area contributed by atoms with Crippen molar-refractivity contribution in [3.63, 3.8) is 0 Å². The van der Waals surface area contributed by atoms with E-state index in [2.05, 4.69) is 19.9 Å². The number of rotatable bonds is 2. The maximum absolute atomic E-state index is 12.1. The number of anilines is 1. The summed E-state index contributed by atoms with van der Waals surface area (Å²) in [5.41, 5.74) is 5.70. The summed E-state index contributed by atoms with van der Waals surface area (Å²) in [5, 5.41) is 0. The number of H-pyrrole nitrogens is 2. The van der Waals surface area contributed by atoms with Gasteiger partial charge < -0.3 is 10.7 Å². The molecule has 0 fully saturated rings. The molecule has 2 aromatic heterocycles. The zero-order valence-electron chi connectivity index (χ0n) is 9.68. The van der Waals surface area contributed by atoms with E-state index in [0.29, 0.717) is 5.56 Å². The molecular formula is C12H9N5O2. The van der Waals surface area contributed by atoms with Crippen LogP contribution in [0.1, 0.15) is 16.2 Å². The van der Waals surface area contributed by atoms with Crippen molar-refractivity contribution in [2.75, 3.05) is 5.73 Å². The minimum atomic E-state index is -0.456. The molecule has 0 saturated carbocycles. The van der Waals surface area contributed by atoms with Crippen LogP contribution in [0.4, 0.5) is 5.95 Å². The number of ketones is 1. The van der Waals surface area contributed by atoms with Crippen LogP contribution in [0.5, 0.6) is 0 Å². The van der Waals surface area contributed by atoms with E-state index in [9.17, 15) is 9.59 Å². The molecule has 4 N–H and O–H groups in total. The lowest BCUT2D eigenvalue weighted by molar-refractivity contribution is 0.103. The highest BCUT2D eigenvalue weighted by atomic mass is 16.1. The van der Waals surface area contributed by atoms with Gasteiger partial charge in [0.2, 0.25) is 11.7 Å². The Morgan fingerprint density at radius 3 is 2.58 bits per heavy atom. The van der Waals surface area contributed by atoms with Gasteiger partial charge in [-0.05, 0) is 0 Å². The SMILES string of the molecule is Nc1nc2nc(C(=O)c3ccccc3)[nH]c2c(=O)[nH]1. The van der Waals surface area contributed by atoms with Crippen LogP contribution in [0.15, 0.2) is 35.1 Å². The molecule has 1 aromatic carbocycles. The molecule has 0 unspecified atom stereocenters. The quantitative estimate of drug-likeness (QED) is 0.575. The van der Waals surface area contributed by atoms with Crippen molar-refractivity contribution < 1.29 is 4.79 Å². The summed E-state index contributed by atoms with van der Waals surface area (Å²) in [4.78, 5) is 36.6. The second-order valence-electron chi connectivity index (χ2n) is 3.93. The molecule has 0 spiro atoms. The first kappa shape index (κ1) is 11.1. The summed E-state index contributed by atoms with van der Waals surface area (Å²) in [6, 6.07) is 8.64. The fraction of sp³-hybridized carbons (Fsp3) is 0. The number of nitrogens with zero attached hydrogens (tertiary/aromatic N) is 2. The second-order valence-corrected chi connectivity index (χ2v) is 3.93. The topological polar surface area (TPSA) is 118 Å². The summed E-state index contributed by atoms with van der Waals surface area (Å²) >= 11 is 0. The van der Waals surface area contributed by atoms with Crippen LogP contribution < -0.4 is 11.3 Å². The molecular weight excluding hydrogens is 246 g/mol. The van der Waals surface area contributed by atoms with E-state index in [0.717, 1.165) is 0 Å². The average molecular weight is 255 g/mol. The number of aromatic amines is 2. The Morgan fingerprint density at radius 2 is 1.84 bits per heavy atom. The van der Waals surface area contributed by atoms with Crippen LogP contribution in [-0.4, -0.2) is 25.7 Å². The maximum atomic E-state index is 12.1. The third-order valence-corrected chi connectivity index (χ3v) is 2.63. The highest BCUT2D eigenvalue weighted by Gasteiger charge is 2.16. The number of imidazole rings is 1. The van der Waals surface area contributed by atoms with Crippen molar-refractivity contribution in [3.8, 4) is 0 Å². The lowest BCUT2D eigenvalue weighted by Gasteiger charge is -1.95. The smallest absolute Gasteiger partial charge is 0.278 e. The number of hydrogen-bond acceptors (Lipinski definition) is 5. The van der Waals surface area contributed by atoms with Crippen molar-refractivity contribution in [2.24, 2.45) is 0 Å². The molecule has 0 atom stereocenters. The highest BCUT2D eigenvalue weighted by Crippen LogP contribution is 2.10. The number of fused-ring (bicyclic) bond motifs is 1. The van der Waals surface area contributed by atoms with Gasteiger partial charge in [0.1, 0.15) is 0 Å². The summed E-state index contributed by atoms with van der Waals surface area (Å²) < 4.78 is 0. The maximum Gasteiger partial charge on any atom is 0.278 e. The van der Waals surface area contributed by atoms with E-state index >= 15 is 0 Å². The van der Waals surface area contributed by atoms with Crippen molar-refractivity contribution in [1.29, 1.82) is 0 Å². The molecule has 3 aromatic rings. The van der Waals surface area contributed by atoms with Gasteiger partial charge in [0.25, 0.3) is 5.56 Å². The van der Waals surface area contributed by atoms with E-state index in [-0.39, 0.29) is 28.7 Å². The number of nitrogens with one attached hydrogen (secondary N) is 2. The van der Waals surface area contributed by atoms with Gasteiger partial charge in [-0.3, -0.25) is 14.6 Å². The van der Waals surface area contributed by atoms with Crippen LogP contribution in [-0.2, 0) is 0 Å². The van der Waals surface area contributed by atoms with Crippen molar-refractivity contribution in [1.82, 2.24) is 19.9 Å². The number of nitrogens with two attached hydrogens (primary N) is 1. The second kappa shape index (κ2) is 4.05. The fourth-order valence-corrected chi connectivity index (χ4v) is 1.76. The highest BCUT2D eigenvalue weighted by molar-refractivity contribution is 6.07. The molecule has 0 aliphatic rings. The number of nitrogen functional groups attached to an aromatic ring is 1. The molecule has 3 rings (SSSR count). The van der Waals surface area contributed by atoms with Crippen LogP contribution in [0.3, 0.4) is 0 Å². The first-order chi connectivity index (χ1) is 9.15. The Balaban J connectivity index is 2.15. The van der Waals surface area contributed by atoms with Gasteiger partial charge in [0.05, 0.1) is 0 Å². The Bertz CT molecular complexity index is 819. The minimum absolute atomic E-state index is 0.0392. The van der Waals surface area contributed by atoms with Gasteiger partial charge in [-0.2, -0.15) is 4.98 Å². The normalized spacial score (nSPS) is 10.7. The van der Waals surface area contributed by atoms with E-state index in [1.54, 1.807) is 24.3 Å². The zero-order chi connectivity index (χ0) is 13.4. The zero-order valence-corrected chi connectivity index (χ0v) is 9.68. The largest absolute Gasteiger partial charge is 0.369 e. The average Bonchev–Trinajstić information content (AvgIpc) is 2.83. The van der Waals surface area contributed by atoms with Gasteiger partial charge in [0, 0.05) is 5.56 Å². The summed E-state index contributed by atoms with van der Waals surface area (Å²) in [5.74, 6) is -0.288. The lowest BCUT2D eigenvalue weighted by atomic mass is 10.1. The van der Waals surface area contributed by atoms with Crippen LogP contribution in [0.2, 0.25) is 0 Å². The summed E-state index contributed by atoms with van der Waals surface area (Å²) in [6.07, 6.45) is 0. The van der Waals surface area contributed by atoms with Gasteiger partial charge in [0.15, 0.2) is 17.0 Å². The molecule has 7 heteroatoms. The molecule has 19 heavy (non-hydrogen) atoms. The van der Waals surface area contributed by atoms with Crippen molar-refractivity contribution in [2.45, 2.75) is 0 Å². The first-order valence-electron chi connectivity index (χ1n) is 5.50. The molecule has 0 bridgehead atoms. The standard InChI is InChI=1S/C12H9N5O2/c13-12-16-9-7(11(19)17-12)14-10(15-9)8(18)6-4-2-1-3-5-6/h1-5H,(H4,13,14,15,16,17,19). The molecule has 0 aliphatic heterocycles. The summed E-state index contributed by atoms with van der Waals surface area (Å²) in [6.45, 7) is 0. The summed E-state index contributed by atoms with van der Waals surface area (Å²) in [7, 11) is 0. The molecule has 0 saturated heterocycles. The molecule has 2 heterocycles. The monoisotopic (exact) mass is 255 g/mol. The van der Waals surface area contributed by atoms with Crippen molar-refractivity contribution in [3.05, 3.63) is 52.1 Å². The number of benzene rings is 1. The van der Waals surface area contributed by atoms with E-state index in [1.807, 2.05) is 6.07 Å². The van der Waals surface area contributed by atoms with E-state index < -0.39 is 5.56 Å². The Morgan fingerprint density at radius 1 is 1.11 bits per heavy atom. The Hall–Kier alpha value is -2.96. The predicted octanol–water partition coefficient (Wildman–Crippen LogP) is 0.459. The number of aromatic nitrogens is 4. The third kappa shape index (κ3) is 1.86. The van der Waals surface area contributed by atoms with Gasteiger partial charge in [-0.1, -0.05) is 30.3 Å². The molecule has 0 radical (unpaired) electrons.